The highest BCUT2D eigenvalue weighted by Gasteiger charge is 2.33. The molecule has 3 rings (SSSR count). The van der Waals surface area contributed by atoms with Gasteiger partial charge in [0.1, 0.15) is 12.6 Å². The van der Waals surface area contributed by atoms with Crippen molar-refractivity contribution in [3.8, 4) is 0 Å². The molecule has 7 nitrogen and oxygen atoms in total. The first-order chi connectivity index (χ1) is 18.8. The molecule has 1 N–H and O–H groups in total. The Labute approximate surface area is 239 Å². The molecule has 0 unspecified atom stereocenters. The van der Waals surface area contributed by atoms with Crippen molar-refractivity contribution in [2.75, 3.05) is 23.7 Å². The normalized spacial score (nSPS) is 12.4. The van der Waals surface area contributed by atoms with Crippen molar-refractivity contribution >= 4 is 27.5 Å². The minimum Gasteiger partial charge on any atom is -0.355 e. The van der Waals surface area contributed by atoms with E-state index < -0.39 is 28.5 Å². The average Bonchev–Trinajstić information content (AvgIpc) is 2.89. The van der Waals surface area contributed by atoms with E-state index in [1.54, 1.807) is 12.1 Å². The van der Waals surface area contributed by atoms with Crippen LogP contribution in [-0.4, -0.2) is 50.5 Å². The fourth-order valence-corrected chi connectivity index (χ4v) is 5.44. The van der Waals surface area contributed by atoms with Gasteiger partial charge >= 0.3 is 0 Å². The van der Waals surface area contributed by atoms with Crippen LogP contribution in [0.2, 0.25) is 0 Å². The highest BCUT2D eigenvalue weighted by Crippen LogP contribution is 2.26. The summed E-state index contributed by atoms with van der Waals surface area (Å²) in [7, 11) is -3.80. The second-order valence-electron chi connectivity index (χ2n) is 11.2. The summed E-state index contributed by atoms with van der Waals surface area (Å²) < 4.78 is 27.0. The number of benzene rings is 3. The summed E-state index contributed by atoms with van der Waals surface area (Å²) in [5, 5.41) is 2.87. The summed E-state index contributed by atoms with van der Waals surface area (Å²) in [5.41, 5.74) is 4.13. The van der Waals surface area contributed by atoms with Crippen molar-refractivity contribution in [1.29, 1.82) is 0 Å². The minimum atomic E-state index is -3.80. The van der Waals surface area contributed by atoms with Crippen LogP contribution >= 0.6 is 0 Å². The molecule has 0 aliphatic heterocycles. The van der Waals surface area contributed by atoms with Gasteiger partial charge in [-0.25, -0.2) is 8.42 Å². The SMILES string of the molecule is CCNC(=O)[C@@H](Cc1ccccc1)N(Cc1cccc(C)c1)C(=O)CN(c1ccc(C(C)(C)C)cc1)S(C)(=O)=O. The number of nitrogens with one attached hydrogen (secondary N) is 1. The number of rotatable bonds is 11. The van der Waals surface area contributed by atoms with Gasteiger partial charge in [-0.3, -0.25) is 13.9 Å². The summed E-state index contributed by atoms with van der Waals surface area (Å²) in [4.78, 5) is 29.0. The van der Waals surface area contributed by atoms with E-state index in [0.717, 1.165) is 32.8 Å². The molecule has 0 spiro atoms. The van der Waals surface area contributed by atoms with Crippen LogP contribution in [0.3, 0.4) is 0 Å². The van der Waals surface area contributed by atoms with Gasteiger partial charge in [0.2, 0.25) is 21.8 Å². The van der Waals surface area contributed by atoms with E-state index in [-0.39, 0.29) is 17.9 Å². The van der Waals surface area contributed by atoms with E-state index >= 15 is 0 Å². The molecule has 3 aromatic rings. The predicted octanol–water partition coefficient (Wildman–Crippen LogP) is 4.83. The Hall–Kier alpha value is -3.65. The van der Waals surface area contributed by atoms with Crippen molar-refractivity contribution < 1.29 is 18.0 Å². The highest BCUT2D eigenvalue weighted by molar-refractivity contribution is 7.92. The molecule has 0 aliphatic rings. The first kappa shape index (κ1) is 30.9. The summed E-state index contributed by atoms with van der Waals surface area (Å²) in [6, 6.07) is 23.7. The van der Waals surface area contributed by atoms with Crippen LogP contribution in [0.15, 0.2) is 78.9 Å². The molecule has 0 heterocycles. The van der Waals surface area contributed by atoms with E-state index in [1.807, 2.05) is 80.6 Å². The number of hydrogen-bond donors (Lipinski definition) is 1. The van der Waals surface area contributed by atoms with E-state index in [4.69, 9.17) is 0 Å². The number of carbonyl (C=O) groups is 2. The largest absolute Gasteiger partial charge is 0.355 e. The van der Waals surface area contributed by atoms with Crippen LogP contribution in [0.5, 0.6) is 0 Å². The standard InChI is InChI=1S/C32H41N3O4S/c1-7-33-31(37)29(21-25-13-9-8-10-14-25)34(22-26-15-11-12-24(2)20-26)30(36)23-35(40(6,38)39)28-18-16-27(17-19-28)32(3,4)5/h8-20,29H,7,21-23H2,1-6H3,(H,33,37)/t29-/m1/s1. The molecule has 0 fully saturated rings. The molecule has 2 amide bonds. The quantitative estimate of drug-likeness (QED) is 0.362. The lowest BCUT2D eigenvalue weighted by Gasteiger charge is -2.33. The molecular formula is C32H41N3O4S. The Morgan fingerprint density at radius 2 is 1.52 bits per heavy atom. The van der Waals surface area contributed by atoms with Crippen LogP contribution in [0.25, 0.3) is 0 Å². The zero-order chi connectivity index (χ0) is 29.5. The van der Waals surface area contributed by atoms with E-state index in [9.17, 15) is 18.0 Å². The maximum Gasteiger partial charge on any atom is 0.244 e. The van der Waals surface area contributed by atoms with E-state index in [2.05, 4.69) is 26.1 Å². The molecule has 3 aromatic carbocycles. The monoisotopic (exact) mass is 563 g/mol. The number of carbonyl (C=O) groups excluding carboxylic acids is 2. The van der Waals surface area contributed by atoms with Gasteiger partial charge in [0.25, 0.3) is 0 Å². The summed E-state index contributed by atoms with van der Waals surface area (Å²) >= 11 is 0. The van der Waals surface area contributed by atoms with Crippen LogP contribution < -0.4 is 9.62 Å². The summed E-state index contributed by atoms with van der Waals surface area (Å²) in [6.45, 7) is 10.2. The van der Waals surface area contributed by atoms with Gasteiger partial charge < -0.3 is 10.2 Å². The van der Waals surface area contributed by atoms with Crippen molar-refractivity contribution in [3.63, 3.8) is 0 Å². The zero-order valence-electron chi connectivity index (χ0n) is 24.3. The molecule has 8 heteroatoms. The predicted molar refractivity (Wildman–Crippen MR) is 162 cm³/mol. The molecule has 1 atom stereocenters. The van der Waals surface area contributed by atoms with Crippen molar-refractivity contribution in [2.45, 2.75) is 59.0 Å². The molecule has 214 valence electrons. The maximum absolute atomic E-state index is 14.1. The minimum absolute atomic E-state index is 0.105. The Kier molecular flexibility index (Phi) is 10.1. The molecule has 0 aromatic heterocycles. The number of anilines is 1. The smallest absolute Gasteiger partial charge is 0.244 e. The zero-order valence-corrected chi connectivity index (χ0v) is 25.2. The third kappa shape index (κ3) is 8.42. The summed E-state index contributed by atoms with van der Waals surface area (Å²) in [5.74, 6) is -0.744. The van der Waals surface area contributed by atoms with Gasteiger partial charge in [-0.2, -0.15) is 0 Å². The van der Waals surface area contributed by atoms with Crippen molar-refractivity contribution in [2.24, 2.45) is 0 Å². The average molecular weight is 564 g/mol. The lowest BCUT2D eigenvalue weighted by molar-refractivity contribution is -0.140. The Morgan fingerprint density at radius 1 is 0.900 bits per heavy atom. The van der Waals surface area contributed by atoms with Gasteiger partial charge in [0.15, 0.2) is 0 Å². The van der Waals surface area contributed by atoms with Gasteiger partial charge in [-0.05, 0) is 48.1 Å². The molecular weight excluding hydrogens is 522 g/mol. The number of likely N-dealkylation sites (N-methyl/N-ethyl adjacent to an activating group) is 1. The number of sulfonamides is 1. The Morgan fingerprint density at radius 3 is 2.08 bits per heavy atom. The lowest BCUT2D eigenvalue weighted by Crippen LogP contribution is -2.53. The highest BCUT2D eigenvalue weighted by atomic mass is 32.2. The van der Waals surface area contributed by atoms with Gasteiger partial charge in [0, 0.05) is 19.5 Å². The Bertz CT molecular complexity index is 1400. The second-order valence-corrected chi connectivity index (χ2v) is 13.1. The summed E-state index contributed by atoms with van der Waals surface area (Å²) in [6.07, 6.45) is 1.39. The van der Waals surface area contributed by atoms with Gasteiger partial charge in [0.05, 0.1) is 11.9 Å². The first-order valence-corrected chi connectivity index (χ1v) is 15.4. The van der Waals surface area contributed by atoms with Crippen LogP contribution in [0.4, 0.5) is 5.69 Å². The third-order valence-corrected chi connectivity index (χ3v) is 7.90. The fraction of sp³-hybridized carbons (Fsp3) is 0.375. The topological polar surface area (TPSA) is 86.8 Å². The van der Waals surface area contributed by atoms with Gasteiger partial charge in [-0.15, -0.1) is 0 Å². The van der Waals surface area contributed by atoms with Crippen molar-refractivity contribution in [1.82, 2.24) is 10.2 Å². The molecule has 0 radical (unpaired) electrons. The molecule has 0 saturated heterocycles. The molecule has 0 aliphatic carbocycles. The van der Waals surface area contributed by atoms with Crippen LogP contribution in [0.1, 0.15) is 49.9 Å². The number of hydrogen-bond acceptors (Lipinski definition) is 4. The fourth-order valence-electron chi connectivity index (χ4n) is 4.59. The lowest BCUT2D eigenvalue weighted by atomic mass is 9.87. The van der Waals surface area contributed by atoms with Crippen LogP contribution in [0, 0.1) is 6.92 Å². The molecule has 0 bridgehead atoms. The van der Waals surface area contributed by atoms with Gasteiger partial charge in [-0.1, -0.05) is 93.1 Å². The third-order valence-electron chi connectivity index (χ3n) is 6.76. The number of aryl methyl sites for hydroxylation is 1. The molecule has 40 heavy (non-hydrogen) atoms. The Balaban J connectivity index is 2.03. The molecule has 0 saturated carbocycles. The van der Waals surface area contributed by atoms with E-state index in [0.29, 0.717) is 18.7 Å². The first-order valence-electron chi connectivity index (χ1n) is 13.5. The van der Waals surface area contributed by atoms with E-state index in [1.165, 1.54) is 4.90 Å². The van der Waals surface area contributed by atoms with Crippen molar-refractivity contribution in [3.05, 3.63) is 101 Å². The number of nitrogens with zero attached hydrogens (tertiary/aromatic N) is 2. The maximum atomic E-state index is 14.1. The number of amides is 2. The second kappa shape index (κ2) is 13.1. The van der Waals surface area contributed by atoms with Crippen LogP contribution in [-0.2, 0) is 38.0 Å².